The third-order valence-electron chi connectivity index (χ3n) is 1.87. The molecule has 0 spiro atoms. The van der Waals surface area contributed by atoms with Crippen LogP contribution < -0.4 is 5.32 Å². The van der Waals surface area contributed by atoms with Crippen LogP contribution in [0.1, 0.15) is 26.3 Å². The maximum absolute atomic E-state index is 11.5. The third kappa shape index (κ3) is 5.24. The molecule has 0 fully saturated rings. The molecule has 0 saturated carbocycles. The Morgan fingerprint density at radius 2 is 1.94 bits per heavy atom. The number of hydrogen-bond donors (Lipinski definition) is 1. The SMILES string of the molecule is CC(C)(C)NC(=O)/C=C\c1ccc(Cl)cc1Cl. The molecule has 0 aromatic heterocycles. The zero-order valence-corrected chi connectivity index (χ0v) is 11.6. The van der Waals surface area contributed by atoms with Gasteiger partial charge in [0, 0.05) is 21.7 Å². The smallest absolute Gasteiger partial charge is 0.244 e. The maximum Gasteiger partial charge on any atom is 0.244 e. The quantitative estimate of drug-likeness (QED) is 0.812. The standard InChI is InChI=1S/C13H15Cl2NO/c1-13(2,3)16-12(17)7-5-9-4-6-10(14)8-11(9)15/h4-8H,1-3H3,(H,16,17)/b7-5-. The topological polar surface area (TPSA) is 29.1 Å². The first-order chi connectivity index (χ1) is 7.78. The Labute approximate surface area is 112 Å². The Morgan fingerprint density at radius 1 is 1.29 bits per heavy atom. The highest BCUT2D eigenvalue weighted by Crippen LogP contribution is 2.21. The predicted molar refractivity (Wildman–Crippen MR) is 73.4 cm³/mol. The molecule has 0 atom stereocenters. The van der Waals surface area contributed by atoms with Crippen molar-refractivity contribution in [2.45, 2.75) is 26.3 Å². The minimum Gasteiger partial charge on any atom is -0.348 e. The summed E-state index contributed by atoms with van der Waals surface area (Å²) in [6.45, 7) is 5.77. The molecule has 0 radical (unpaired) electrons. The Hall–Kier alpha value is -0.990. The van der Waals surface area contributed by atoms with Crippen molar-refractivity contribution in [3.63, 3.8) is 0 Å². The average molecular weight is 272 g/mol. The van der Waals surface area contributed by atoms with Crippen molar-refractivity contribution in [2.75, 3.05) is 0 Å². The van der Waals surface area contributed by atoms with E-state index in [9.17, 15) is 4.79 Å². The number of carbonyl (C=O) groups is 1. The lowest BCUT2D eigenvalue weighted by atomic mass is 10.1. The molecule has 1 amide bonds. The summed E-state index contributed by atoms with van der Waals surface area (Å²) in [5.41, 5.74) is 0.519. The fourth-order valence-corrected chi connectivity index (χ4v) is 1.68. The van der Waals surface area contributed by atoms with Gasteiger partial charge in [-0.1, -0.05) is 29.3 Å². The zero-order valence-electron chi connectivity index (χ0n) is 10.1. The predicted octanol–water partition coefficient (Wildman–Crippen LogP) is 3.92. The summed E-state index contributed by atoms with van der Waals surface area (Å²) < 4.78 is 0. The second kappa shape index (κ2) is 5.56. The van der Waals surface area contributed by atoms with Gasteiger partial charge in [-0.3, -0.25) is 4.79 Å². The number of rotatable bonds is 2. The van der Waals surface area contributed by atoms with E-state index in [0.717, 1.165) is 5.56 Å². The molecule has 0 heterocycles. The molecular formula is C13H15Cl2NO. The van der Waals surface area contributed by atoms with E-state index in [1.54, 1.807) is 24.3 Å². The van der Waals surface area contributed by atoms with E-state index in [4.69, 9.17) is 23.2 Å². The van der Waals surface area contributed by atoms with E-state index in [1.807, 2.05) is 20.8 Å². The molecular weight excluding hydrogens is 257 g/mol. The van der Waals surface area contributed by atoms with E-state index in [2.05, 4.69) is 5.32 Å². The van der Waals surface area contributed by atoms with Crippen LogP contribution in [0, 0.1) is 0 Å². The van der Waals surface area contributed by atoms with Crippen LogP contribution in [0.4, 0.5) is 0 Å². The van der Waals surface area contributed by atoms with Gasteiger partial charge in [-0.05, 0) is 44.5 Å². The van der Waals surface area contributed by atoms with Gasteiger partial charge in [0.25, 0.3) is 0 Å². The van der Waals surface area contributed by atoms with Crippen molar-refractivity contribution >= 4 is 35.2 Å². The molecule has 2 nitrogen and oxygen atoms in total. The number of nitrogens with one attached hydrogen (secondary N) is 1. The number of benzene rings is 1. The van der Waals surface area contributed by atoms with Gasteiger partial charge in [-0.25, -0.2) is 0 Å². The van der Waals surface area contributed by atoms with Crippen LogP contribution in [-0.2, 0) is 4.79 Å². The summed E-state index contributed by atoms with van der Waals surface area (Å²) in [6, 6.07) is 5.14. The highest BCUT2D eigenvalue weighted by Gasteiger charge is 2.11. The molecule has 17 heavy (non-hydrogen) atoms. The molecule has 0 saturated heterocycles. The van der Waals surface area contributed by atoms with E-state index in [-0.39, 0.29) is 11.4 Å². The highest BCUT2D eigenvalue weighted by atomic mass is 35.5. The number of carbonyl (C=O) groups excluding carboxylic acids is 1. The second-order valence-electron chi connectivity index (χ2n) is 4.74. The van der Waals surface area contributed by atoms with Gasteiger partial charge in [0.2, 0.25) is 5.91 Å². The van der Waals surface area contributed by atoms with E-state index < -0.39 is 0 Å². The molecule has 1 N–H and O–H groups in total. The molecule has 0 aliphatic heterocycles. The summed E-state index contributed by atoms with van der Waals surface area (Å²) in [6.07, 6.45) is 3.13. The average Bonchev–Trinajstić information content (AvgIpc) is 2.13. The van der Waals surface area contributed by atoms with Gasteiger partial charge in [0.15, 0.2) is 0 Å². The van der Waals surface area contributed by atoms with Crippen LogP contribution in [0.25, 0.3) is 6.08 Å². The molecule has 4 heteroatoms. The Morgan fingerprint density at radius 3 is 2.47 bits per heavy atom. The van der Waals surface area contributed by atoms with Crippen molar-refractivity contribution in [3.05, 3.63) is 39.9 Å². The lowest BCUT2D eigenvalue weighted by Gasteiger charge is -2.18. The number of hydrogen-bond acceptors (Lipinski definition) is 1. The Bertz CT molecular complexity index is 447. The molecule has 1 aromatic carbocycles. The Kier molecular flexibility index (Phi) is 4.61. The molecule has 1 aromatic rings. The molecule has 0 aliphatic rings. The third-order valence-corrected chi connectivity index (χ3v) is 2.44. The molecule has 1 rings (SSSR count). The lowest BCUT2D eigenvalue weighted by Crippen LogP contribution is -2.39. The largest absolute Gasteiger partial charge is 0.348 e. The van der Waals surface area contributed by atoms with E-state index in [1.165, 1.54) is 6.08 Å². The van der Waals surface area contributed by atoms with Gasteiger partial charge in [0.1, 0.15) is 0 Å². The minimum atomic E-state index is -0.245. The van der Waals surface area contributed by atoms with Crippen molar-refractivity contribution in [3.8, 4) is 0 Å². The monoisotopic (exact) mass is 271 g/mol. The van der Waals surface area contributed by atoms with Gasteiger partial charge in [-0.15, -0.1) is 0 Å². The van der Waals surface area contributed by atoms with Crippen LogP contribution in [0.15, 0.2) is 24.3 Å². The Balaban J connectivity index is 2.74. The molecule has 0 bridgehead atoms. The van der Waals surface area contributed by atoms with Crippen LogP contribution in [0.2, 0.25) is 10.0 Å². The minimum absolute atomic E-state index is 0.150. The van der Waals surface area contributed by atoms with Gasteiger partial charge in [-0.2, -0.15) is 0 Å². The van der Waals surface area contributed by atoms with Crippen molar-refractivity contribution in [1.29, 1.82) is 0 Å². The molecule has 0 aliphatic carbocycles. The summed E-state index contributed by atoms with van der Waals surface area (Å²) >= 11 is 11.8. The summed E-state index contributed by atoms with van der Waals surface area (Å²) in [7, 11) is 0. The first-order valence-electron chi connectivity index (χ1n) is 5.23. The molecule has 92 valence electrons. The first kappa shape index (κ1) is 14.1. The van der Waals surface area contributed by atoms with E-state index >= 15 is 0 Å². The van der Waals surface area contributed by atoms with Crippen LogP contribution in [0.5, 0.6) is 0 Å². The lowest BCUT2D eigenvalue weighted by molar-refractivity contribution is -0.117. The fourth-order valence-electron chi connectivity index (χ4n) is 1.21. The van der Waals surface area contributed by atoms with Crippen molar-refractivity contribution in [2.24, 2.45) is 0 Å². The second-order valence-corrected chi connectivity index (χ2v) is 5.58. The van der Waals surface area contributed by atoms with Crippen molar-refractivity contribution in [1.82, 2.24) is 5.32 Å². The highest BCUT2D eigenvalue weighted by molar-refractivity contribution is 6.35. The normalized spacial score (nSPS) is 11.8. The zero-order chi connectivity index (χ0) is 13.1. The van der Waals surface area contributed by atoms with Crippen LogP contribution in [0.3, 0.4) is 0 Å². The molecule has 0 unspecified atom stereocenters. The fraction of sp³-hybridized carbons (Fsp3) is 0.308. The van der Waals surface area contributed by atoms with Crippen LogP contribution >= 0.6 is 23.2 Å². The summed E-state index contributed by atoms with van der Waals surface area (Å²) in [4.78, 5) is 11.5. The van der Waals surface area contributed by atoms with Gasteiger partial charge >= 0.3 is 0 Å². The van der Waals surface area contributed by atoms with Gasteiger partial charge in [0.05, 0.1) is 0 Å². The van der Waals surface area contributed by atoms with Gasteiger partial charge < -0.3 is 5.32 Å². The first-order valence-corrected chi connectivity index (χ1v) is 5.99. The van der Waals surface area contributed by atoms with Crippen LogP contribution in [-0.4, -0.2) is 11.4 Å². The summed E-state index contributed by atoms with van der Waals surface area (Å²) in [5.74, 6) is -0.150. The van der Waals surface area contributed by atoms with E-state index in [0.29, 0.717) is 10.0 Å². The maximum atomic E-state index is 11.5. The number of halogens is 2. The number of amides is 1. The van der Waals surface area contributed by atoms with Crippen molar-refractivity contribution < 1.29 is 4.79 Å². The summed E-state index contributed by atoms with van der Waals surface area (Å²) in [5, 5.41) is 3.93.